The van der Waals surface area contributed by atoms with Crippen molar-refractivity contribution in [2.75, 3.05) is 5.01 Å². The number of hydrogen-bond donors (Lipinski definition) is 0. The van der Waals surface area contributed by atoms with E-state index in [4.69, 9.17) is 0 Å². The Bertz CT molecular complexity index is 1190. The summed E-state index contributed by atoms with van der Waals surface area (Å²) < 4.78 is 0. The number of para-hydroxylation sites is 1. The Morgan fingerprint density at radius 2 is 1.87 bits per heavy atom. The van der Waals surface area contributed by atoms with E-state index in [2.05, 4.69) is 20.3 Å². The molecule has 0 aliphatic carbocycles. The van der Waals surface area contributed by atoms with Crippen molar-refractivity contribution in [1.29, 1.82) is 0 Å². The van der Waals surface area contributed by atoms with E-state index in [9.17, 15) is 14.9 Å². The zero-order valence-electron chi connectivity index (χ0n) is 16.1. The van der Waals surface area contributed by atoms with Gasteiger partial charge in [-0.2, -0.15) is 15.2 Å². The first kappa shape index (κ1) is 19.5. The Hall–Kier alpha value is -3.79. The van der Waals surface area contributed by atoms with E-state index in [0.29, 0.717) is 10.8 Å². The van der Waals surface area contributed by atoms with Crippen LogP contribution in [0.5, 0.6) is 0 Å². The van der Waals surface area contributed by atoms with E-state index in [-0.39, 0.29) is 11.4 Å². The predicted octanol–water partition coefficient (Wildman–Crippen LogP) is 4.90. The Kier molecular flexibility index (Phi) is 5.15. The zero-order valence-corrected chi connectivity index (χ0v) is 16.9. The molecular weight excluding hydrogens is 404 g/mol. The second kappa shape index (κ2) is 7.91. The summed E-state index contributed by atoms with van der Waals surface area (Å²) in [6.07, 6.45) is 0. The van der Waals surface area contributed by atoms with Crippen molar-refractivity contribution in [2.45, 2.75) is 19.9 Å². The molecule has 2 heterocycles. The summed E-state index contributed by atoms with van der Waals surface area (Å²) in [7, 11) is 0. The van der Waals surface area contributed by atoms with E-state index < -0.39 is 16.9 Å². The van der Waals surface area contributed by atoms with Crippen LogP contribution in [0.1, 0.15) is 12.5 Å². The average molecular weight is 420 g/mol. The molecule has 0 radical (unpaired) electrons. The topological polar surface area (TPSA) is 113 Å². The highest BCUT2D eigenvalue weighted by molar-refractivity contribution is 7.14. The van der Waals surface area contributed by atoms with E-state index in [1.54, 1.807) is 19.1 Å². The molecule has 0 saturated heterocycles. The molecule has 0 fully saturated rings. The summed E-state index contributed by atoms with van der Waals surface area (Å²) in [5.74, 6) is -0.403. The van der Waals surface area contributed by atoms with Gasteiger partial charge in [-0.15, -0.1) is 16.5 Å². The molecule has 1 aromatic heterocycles. The van der Waals surface area contributed by atoms with E-state index in [1.165, 1.54) is 28.5 Å². The molecule has 0 bridgehead atoms. The van der Waals surface area contributed by atoms with E-state index in [0.717, 1.165) is 16.8 Å². The lowest BCUT2D eigenvalue weighted by Crippen LogP contribution is -2.29. The fraction of sp³-hybridized carbons (Fsp3) is 0.150. The Morgan fingerprint density at radius 3 is 2.60 bits per heavy atom. The highest BCUT2D eigenvalue weighted by Gasteiger charge is 2.36. The minimum atomic E-state index is -0.948. The van der Waals surface area contributed by atoms with Crippen molar-refractivity contribution >= 4 is 39.5 Å². The van der Waals surface area contributed by atoms with Crippen LogP contribution in [0.4, 0.5) is 16.5 Å². The summed E-state index contributed by atoms with van der Waals surface area (Å²) in [5, 5.41) is 26.9. The lowest BCUT2D eigenvalue weighted by Gasteiger charge is -2.08. The van der Waals surface area contributed by atoms with Crippen molar-refractivity contribution in [3.63, 3.8) is 0 Å². The summed E-state index contributed by atoms with van der Waals surface area (Å²) in [6.45, 7) is 3.67. The number of hydrogen-bond acceptors (Lipinski definition) is 8. The van der Waals surface area contributed by atoms with Gasteiger partial charge in [0.05, 0.1) is 16.3 Å². The molecule has 10 heteroatoms. The molecule has 1 aliphatic rings. The van der Waals surface area contributed by atoms with E-state index >= 15 is 0 Å². The summed E-state index contributed by atoms with van der Waals surface area (Å²) >= 11 is 1.30. The number of nitro groups is 1. The van der Waals surface area contributed by atoms with Crippen LogP contribution in [0.25, 0.3) is 11.3 Å². The molecule has 150 valence electrons. The maximum absolute atomic E-state index is 12.8. The molecule has 9 nitrogen and oxygen atoms in total. The number of nitro benzene ring substituents is 1. The second-order valence-corrected chi connectivity index (χ2v) is 7.47. The number of aryl methyl sites for hydroxylation is 1. The quantitative estimate of drug-likeness (QED) is 0.332. The highest BCUT2D eigenvalue weighted by atomic mass is 32.1. The van der Waals surface area contributed by atoms with Crippen LogP contribution in [0.15, 0.2) is 69.2 Å². The number of carbonyl (C=O) groups is 1. The van der Waals surface area contributed by atoms with Gasteiger partial charge in [-0.25, -0.2) is 4.98 Å². The lowest BCUT2D eigenvalue weighted by molar-refractivity contribution is -0.384. The van der Waals surface area contributed by atoms with Gasteiger partial charge in [-0.1, -0.05) is 42.0 Å². The number of thiazole rings is 1. The third kappa shape index (κ3) is 3.72. The van der Waals surface area contributed by atoms with E-state index in [1.807, 2.05) is 36.6 Å². The van der Waals surface area contributed by atoms with Crippen LogP contribution in [0.3, 0.4) is 0 Å². The highest BCUT2D eigenvalue weighted by Crippen LogP contribution is 2.32. The first-order valence-electron chi connectivity index (χ1n) is 9.00. The normalized spacial score (nSPS) is 16.3. The number of benzene rings is 2. The van der Waals surface area contributed by atoms with Crippen LogP contribution in [-0.2, 0) is 4.79 Å². The molecule has 0 saturated carbocycles. The third-order valence-electron chi connectivity index (χ3n) is 4.48. The van der Waals surface area contributed by atoms with Crippen LogP contribution in [0, 0.1) is 17.0 Å². The fourth-order valence-corrected chi connectivity index (χ4v) is 3.66. The van der Waals surface area contributed by atoms with Gasteiger partial charge in [-0.05, 0) is 19.9 Å². The number of anilines is 1. The third-order valence-corrected chi connectivity index (χ3v) is 5.29. The van der Waals surface area contributed by atoms with Crippen LogP contribution in [-0.4, -0.2) is 27.6 Å². The minimum absolute atomic E-state index is 0.0810. The molecule has 1 amide bonds. The number of nitrogens with zero attached hydrogens (tertiary/aromatic N) is 6. The molecule has 30 heavy (non-hydrogen) atoms. The van der Waals surface area contributed by atoms with Crippen molar-refractivity contribution in [1.82, 2.24) is 4.98 Å². The second-order valence-electron chi connectivity index (χ2n) is 6.64. The monoisotopic (exact) mass is 420 g/mol. The molecule has 1 atom stereocenters. The van der Waals surface area contributed by atoms with Gasteiger partial charge in [0.2, 0.25) is 5.13 Å². The number of amides is 1. The predicted molar refractivity (Wildman–Crippen MR) is 114 cm³/mol. The first-order valence-corrected chi connectivity index (χ1v) is 9.88. The largest absolute Gasteiger partial charge is 0.296 e. The van der Waals surface area contributed by atoms with Gasteiger partial charge in [0, 0.05) is 17.0 Å². The standard InChI is InChI=1S/C20H16N6O3S/c1-12-7-9-14(10-8-12)16-11-30-20(21-16)25-19(27)18(13(2)24-25)23-22-15-5-3-4-6-17(15)26(28)29/h3-11,18H,1-2H3/t18-/m1/s1. The zero-order chi connectivity index (χ0) is 21.3. The lowest BCUT2D eigenvalue weighted by atomic mass is 10.1. The van der Waals surface area contributed by atoms with Gasteiger partial charge in [0.1, 0.15) is 0 Å². The van der Waals surface area contributed by atoms with Gasteiger partial charge >= 0.3 is 0 Å². The molecule has 0 N–H and O–H groups in total. The maximum Gasteiger partial charge on any atom is 0.296 e. The number of rotatable bonds is 5. The summed E-state index contributed by atoms with van der Waals surface area (Å²) in [6, 6.07) is 13.0. The number of azo groups is 1. The number of hydrazone groups is 1. The molecular formula is C20H16N6O3S. The molecule has 1 aliphatic heterocycles. The van der Waals surface area contributed by atoms with Gasteiger partial charge in [-0.3, -0.25) is 14.9 Å². The Balaban J connectivity index is 1.56. The summed E-state index contributed by atoms with van der Waals surface area (Å²) in [5.41, 5.74) is 3.19. The SMILES string of the molecule is CC1=NN(c2nc(-c3ccc(C)cc3)cs2)C(=O)[C@@H]1N=Nc1ccccc1[N+](=O)[O-]. The van der Waals surface area contributed by atoms with Crippen molar-refractivity contribution < 1.29 is 9.72 Å². The van der Waals surface area contributed by atoms with Crippen LogP contribution >= 0.6 is 11.3 Å². The number of aromatic nitrogens is 1. The van der Waals surface area contributed by atoms with Gasteiger partial charge in [0.25, 0.3) is 11.6 Å². The molecule has 4 rings (SSSR count). The van der Waals surface area contributed by atoms with Gasteiger partial charge < -0.3 is 0 Å². The molecule has 3 aromatic rings. The molecule has 0 spiro atoms. The van der Waals surface area contributed by atoms with Crippen LogP contribution < -0.4 is 5.01 Å². The summed E-state index contributed by atoms with van der Waals surface area (Å²) in [4.78, 5) is 27.9. The molecule has 0 unspecified atom stereocenters. The van der Waals surface area contributed by atoms with Crippen molar-refractivity contribution in [3.8, 4) is 11.3 Å². The van der Waals surface area contributed by atoms with Gasteiger partial charge in [0.15, 0.2) is 11.7 Å². The van der Waals surface area contributed by atoms with Crippen LogP contribution in [0.2, 0.25) is 0 Å². The Morgan fingerprint density at radius 1 is 1.13 bits per heavy atom. The molecule has 2 aromatic carbocycles. The minimum Gasteiger partial charge on any atom is -0.269 e. The van der Waals surface area contributed by atoms with Crippen molar-refractivity contribution in [3.05, 3.63) is 69.6 Å². The average Bonchev–Trinajstić information content (AvgIpc) is 3.32. The Labute approximate surface area is 175 Å². The van der Waals surface area contributed by atoms with Crippen molar-refractivity contribution in [2.24, 2.45) is 15.3 Å². The smallest absolute Gasteiger partial charge is 0.269 e. The first-order chi connectivity index (χ1) is 14.4. The number of carbonyl (C=O) groups excluding carboxylic acids is 1. The maximum atomic E-state index is 12.8. The fourth-order valence-electron chi connectivity index (χ4n) is 2.87.